The zero-order valence-electron chi connectivity index (χ0n) is 14.3. The molecule has 0 unspecified atom stereocenters. The molecule has 0 saturated carbocycles. The summed E-state index contributed by atoms with van der Waals surface area (Å²) in [5, 5.41) is 14.7. The standard InChI is InChI=1S/C18H24N6/c1-3-5-10-15-19-17(23-21-15)13-8-7-9-14(12-13)18-20-16(22-24-18)11-6-4-2/h7-9,12H,3-6,10-11H2,1-2H3,(H,19,21,23)(H,20,22,24). The quantitative estimate of drug-likeness (QED) is 0.657. The predicted molar refractivity (Wildman–Crippen MR) is 94.4 cm³/mol. The molecule has 0 aliphatic heterocycles. The second-order valence-electron chi connectivity index (χ2n) is 6.00. The van der Waals surface area contributed by atoms with E-state index >= 15 is 0 Å². The average molecular weight is 324 g/mol. The molecule has 6 nitrogen and oxygen atoms in total. The van der Waals surface area contributed by atoms with Crippen molar-refractivity contribution in [2.75, 3.05) is 0 Å². The zero-order valence-corrected chi connectivity index (χ0v) is 14.3. The van der Waals surface area contributed by atoms with E-state index in [1.54, 1.807) is 0 Å². The van der Waals surface area contributed by atoms with Gasteiger partial charge in [-0.05, 0) is 18.9 Å². The average Bonchev–Trinajstić information content (AvgIpc) is 3.28. The van der Waals surface area contributed by atoms with Crippen molar-refractivity contribution < 1.29 is 0 Å². The normalized spacial score (nSPS) is 11.1. The molecule has 0 radical (unpaired) electrons. The number of aromatic amines is 2. The van der Waals surface area contributed by atoms with Gasteiger partial charge < -0.3 is 0 Å². The van der Waals surface area contributed by atoms with Gasteiger partial charge in [0.15, 0.2) is 11.6 Å². The Morgan fingerprint density at radius 1 is 0.792 bits per heavy atom. The number of rotatable bonds is 8. The van der Waals surface area contributed by atoms with Crippen LogP contribution in [0, 0.1) is 0 Å². The van der Waals surface area contributed by atoms with E-state index in [-0.39, 0.29) is 0 Å². The van der Waals surface area contributed by atoms with Crippen LogP contribution in [0.4, 0.5) is 0 Å². The number of unbranched alkanes of at least 4 members (excludes halogenated alkanes) is 2. The molecule has 0 fully saturated rings. The Morgan fingerprint density at radius 2 is 1.29 bits per heavy atom. The summed E-state index contributed by atoms with van der Waals surface area (Å²) >= 11 is 0. The Kier molecular flexibility index (Phi) is 5.36. The summed E-state index contributed by atoms with van der Waals surface area (Å²) in [5.41, 5.74) is 1.96. The minimum Gasteiger partial charge on any atom is -0.263 e. The lowest BCUT2D eigenvalue weighted by atomic mass is 10.1. The first-order valence-corrected chi connectivity index (χ1v) is 8.73. The zero-order chi connectivity index (χ0) is 16.8. The van der Waals surface area contributed by atoms with Crippen LogP contribution in [0.25, 0.3) is 22.8 Å². The Bertz CT molecular complexity index is 712. The molecule has 3 rings (SSSR count). The van der Waals surface area contributed by atoms with E-state index in [2.05, 4.69) is 44.2 Å². The van der Waals surface area contributed by atoms with Gasteiger partial charge in [-0.3, -0.25) is 10.2 Å². The fourth-order valence-electron chi connectivity index (χ4n) is 2.56. The molecule has 126 valence electrons. The fraction of sp³-hybridized carbons (Fsp3) is 0.444. The van der Waals surface area contributed by atoms with E-state index in [9.17, 15) is 0 Å². The van der Waals surface area contributed by atoms with Crippen LogP contribution in [0.2, 0.25) is 0 Å². The molecule has 2 N–H and O–H groups in total. The van der Waals surface area contributed by atoms with Crippen LogP contribution in [0.3, 0.4) is 0 Å². The second-order valence-corrected chi connectivity index (χ2v) is 6.00. The van der Waals surface area contributed by atoms with Crippen LogP contribution >= 0.6 is 0 Å². The highest BCUT2D eigenvalue weighted by molar-refractivity contribution is 5.65. The second kappa shape index (κ2) is 7.86. The van der Waals surface area contributed by atoms with E-state index in [0.29, 0.717) is 0 Å². The molecular weight excluding hydrogens is 300 g/mol. The summed E-state index contributed by atoms with van der Waals surface area (Å²) in [5.74, 6) is 3.34. The summed E-state index contributed by atoms with van der Waals surface area (Å²) in [7, 11) is 0. The van der Waals surface area contributed by atoms with E-state index in [1.165, 1.54) is 0 Å². The van der Waals surface area contributed by atoms with Crippen LogP contribution in [0.15, 0.2) is 24.3 Å². The molecule has 1 aromatic carbocycles. The van der Waals surface area contributed by atoms with Crippen LogP contribution in [-0.2, 0) is 12.8 Å². The van der Waals surface area contributed by atoms with E-state index in [4.69, 9.17) is 0 Å². The fourth-order valence-corrected chi connectivity index (χ4v) is 2.56. The van der Waals surface area contributed by atoms with Crippen LogP contribution < -0.4 is 0 Å². The number of aryl methyl sites for hydroxylation is 2. The van der Waals surface area contributed by atoms with Crippen molar-refractivity contribution >= 4 is 0 Å². The minimum absolute atomic E-state index is 0.727. The molecule has 2 aromatic heterocycles. The molecule has 0 spiro atoms. The maximum atomic E-state index is 4.58. The van der Waals surface area contributed by atoms with Gasteiger partial charge in [-0.25, -0.2) is 9.97 Å². The van der Waals surface area contributed by atoms with Crippen molar-refractivity contribution in [1.82, 2.24) is 30.4 Å². The Morgan fingerprint density at radius 3 is 1.75 bits per heavy atom. The van der Waals surface area contributed by atoms with Gasteiger partial charge in [0.1, 0.15) is 11.6 Å². The highest BCUT2D eigenvalue weighted by atomic mass is 15.2. The molecule has 3 aromatic rings. The van der Waals surface area contributed by atoms with Crippen molar-refractivity contribution in [3.63, 3.8) is 0 Å². The molecule has 24 heavy (non-hydrogen) atoms. The number of hydrogen-bond donors (Lipinski definition) is 2. The first-order chi connectivity index (χ1) is 11.8. The largest absolute Gasteiger partial charge is 0.263 e. The number of hydrogen-bond acceptors (Lipinski definition) is 4. The summed E-state index contributed by atoms with van der Waals surface area (Å²) < 4.78 is 0. The topological polar surface area (TPSA) is 83.1 Å². The molecule has 0 bridgehead atoms. The van der Waals surface area contributed by atoms with Crippen molar-refractivity contribution in [1.29, 1.82) is 0 Å². The Labute approximate surface area is 142 Å². The maximum absolute atomic E-state index is 4.58. The molecule has 0 aliphatic rings. The third-order valence-electron chi connectivity index (χ3n) is 3.98. The predicted octanol–water partition coefficient (Wildman–Crippen LogP) is 3.94. The lowest BCUT2D eigenvalue weighted by Gasteiger charge is -1.99. The summed E-state index contributed by atoms with van der Waals surface area (Å²) in [4.78, 5) is 9.17. The number of benzene rings is 1. The van der Waals surface area contributed by atoms with Crippen LogP contribution in [0.5, 0.6) is 0 Å². The van der Waals surface area contributed by atoms with E-state index in [0.717, 1.165) is 72.9 Å². The van der Waals surface area contributed by atoms with Crippen LogP contribution in [0.1, 0.15) is 51.2 Å². The Hall–Kier alpha value is -2.50. The van der Waals surface area contributed by atoms with Gasteiger partial charge in [0, 0.05) is 24.0 Å². The van der Waals surface area contributed by atoms with Gasteiger partial charge in [0.05, 0.1) is 0 Å². The van der Waals surface area contributed by atoms with Crippen LogP contribution in [-0.4, -0.2) is 30.4 Å². The van der Waals surface area contributed by atoms with E-state index < -0.39 is 0 Å². The number of aromatic nitrogens is 6. The first kappa shape index (κ1) is 16.4. The van der Waals surface area contributed by atoms with Crippen molar-refractivity contribution in [3.8, 4) is 22.8 Å². The highest BCUT2D eigenvalue weighted by Gasteiger charge is 2.10. The molecule has 0 saturated heterocycles. The number of H-pyrrole nitrogens is 2. The number of nitrogens with one attached hydrogen (secondary N) is 2. The van der Waals surface area contributed by atoms with Gasteiger partial charge in [-0.2, -0.15) is 10.2 Å². The van der Waals surface area contributed by atoms with Crippen molar-refractivity contribution in [2.45, 2.75) is 52.4 Å². The van der Waals surface area contributed by atoms with Gasteiger partial charge >= 0.3 is 0 Å². The Balaban J connectivity index is 1.78. The monoisotopic (exact) mass is 324 g/mol. The minimum atomic E-state index is 0.727. The van der Waals surface area contributed by atoms with Gasteiger partial charge in [0.25, 0.3) is 0 Å². The van der Waals surface area contributed by atoms with Gasteiger partial charge in [-0.15, -0.1) is 0 Å². The summed E-state index contributed by atoms with van der Waals surface area (Å²) in [6.45, 7) is 4.35. The lowest BCUT2D eigenvalue weighted by Crippen LogP contribution is -1.88. The third-order valence-corrected chi connectivity index (χ3v) is 3.98. The molecule has 0 atom stereocenters. The van der Waals surface area contributed by atoms with Crippen molar-refractivity contribution in [3.05, 3.63) is 35.9 Å². The lowest BCUT2D eigenvalue weighted by molar-refractivity contribution is 0.756. The molecule has 0 amide bonds. The van der Waals surface area contributed by atoms with E-state index in [1.807, 2.05) is 24.3 Å². The van der Waals surface area contributed by atoms with Crippen molar-refractivity contribution in [2.24, 2.45) is 0 Å². The first-order valence-electron chi connectivity index (χ1n) is 8.73. The smallest absolute Gasteiger partial charge is 0.181 e. The molecular formula is C18H24N6. The number of nitrogens with zero attached hydrogens (tertiary/aromatic N) is 4. The molecule has 6 heteroatoms. The SMILES string of the molecule is CCCCc1nc(-c2cccc(-c3n[nH]c(CCCC)n3)c2)n[nH]1. The third kappa shape index (κ3) is 3.88. The molecule has 0 aliphatic carbocycles. The van der Waals surface area contributed by atoms with Gasteiger partial charge in [0.2, 0.25) is 0 Å². The maximum Gasteiger partial charge on any atom is 0.181 e. The van der Waals surface area contributed by atoms with Gasteiger partial charge in [-0.1, -0.05) is 44.9 Å². The molecule has 2 heterocycles. The highest BCUT2D eigenvalue weighted by Crippen LogP contribution is 2.22. The summed E-state index contributed by atoms with van der Waals surface area (Å²) in [6, 6.07) is 8.07. The summed E-state index contributed by atoms with van der Waals surface area (Å²) in [6.07, 6.45) is 6.40.